The molecule has 0 aliphatic heterocycles. The fraction of sp³-hybridized carbons (Fsp3) is 0.545. The summed E-state index contributed by atoms with van der Waals surface area (Å²) in [6.45, 7) is 5.44. The molecule has 1 rings (SSSR count). The van der Waals surface area contributed by atoms with E-state index in [-0.39, 0.29) is 6.01 Å². The van der Waals surface area contributed by atoms with Gasteiger partial charge < -0.3 is 9.47 Å². The summed E-state index contributed by atoms with van der Waals surface area (Å²) in [7, 11) is 1.48. The molecule has 0 atom stereocenters. The van der Waals surface area contributed by atoms with Gasteiger partial charge >= 0.3 is 12.0 Å². The van der Waals surface area contributed by atoms with Gasteiger partial charge in [0.1, 0.15) is 16.2 Å². The molecule has 1 heterocycles. The Morgan fingerprint density at radius 3 is 2.53 bits per heavy atom. The minimum Gasteiger partial charge on any atom is -0.467 e. The van der Waals surface area contributed by atoms with Crippen molar-refractivity contribution in [2.75, 3.05) is 13.4 Å². The zero-order chi connectivity index (χ0) is 13.1. The van der Waals surface area contributed by atoms with Crippen LogP contribution in [0, 0.1) is 0 Å². The predicted molar refractivity (Wildman–Crippen MR) is 65.5 cm³/mol. The number of hydrogen-bond donors (Lipinski definition) is 0. The van der Waals surface area contributed by atoms with Gasteiger partial charge in [0, 0.05) is 6.20 Å². The predicted octanol–water partition coefficient (Wildman–Crippen LogP) is 2.16. The van der Waals surface area contributed by atoms with E-state index in [0.717, 1.165) is 0 Å². The third-order valence-electron chi connectivity index (χ3n) is 1.73. The van der Waals surface area contributed by atoms with Crippen LogP contribution in [0.1, 0.15) is 31.1 Å². The molecule has 0 saturated heterocycles. The fourth-order valence-corrected chi connectivity index (χ4v) is 1.60. The summed E-state index contributed by atoms with van der Waals surface area (Å²) in [5, 5.41) is 0.547. The SMILES string of the molecule is COc1ncc(C(=O)OC(C)(C)C)c(SC)n1. The standard InChI is InChI=1S/C11H16N2O3S/c1-11(2,3)16-9(14)7-6-12-10(15-4)13-8(7)17-5/h6H,1-5H3. The summed E-state index contributed by atoms with van der Waals surface area (Å²) >= 11 is 1.35. The van der Waals surface area contributed by atoms with Crippen LogP contribution in [-0.4, -0.2) is 34.9 Å². The highest BCUT2D eigenvalue weighted by Gasteiger charge is 2.21. The molecule has 1 aromatic rings. The number of thioether (sulfide) groups is 1. The van der Waals surface area contributed by atoms with Crippen molar-refractivity contribution in [1.29, 1.82) is 0 Å². The maximum absolute atomic E-state index is 11.9. The topological polar surface area (TPSA) is 61.3 Å². The van der Waals surface area contributed by atoms with E-state index < -0.39 is 11.6 Å². The van der Waals surface area contributed by atoms with Crippen molar-refractivity contribution >= 4 is 17.7 Å². The van der Waals surface area contributed by atoms with Crippen LogP contribution in [0.2, 0.25) is 0 Å². The van der Waals surface area contributed by atoms with Gasteiger partial charge in [-0.3, -0.25) is 0 Å². The monoisotopic (exact) mass is 256 g/mol. The summed E-state index contributed by atoms with van der Waals surface area (Å²) in [5.41, 5.74) is -0.180. The van der Waals surface area contributed by atoms with Gasteiger partial charge in [0.15, 0.2) is 0 Å². The van der Waals surface area contributed by atoms with Crippen LogP contribution in [0.25, 0.3) is 0 Å². The summed E-state index contributed by atoms with van der Waals surface area (Å²) in [6, 6.07) is 0.238. The number of nitrogens with zero attached hydrogens (tertiary/aromatic N) is 2. The Bertz CT molecular complexity index is 416. The largest absolute Gasteiger partial charge is 0.467 e. The molecule has 0 aromatic carbocycles. The van der Waals surface area contributed by atoms with Gasteiger partial charge in [-0.05, 0) is 27.0 Å². The Hall–Kier alpha value is -1.30. The molecule has 0 spiro atoms. The van der Waals surface area contributed by atoms with E-state index in [1.807, 2.05) is 27.0 Å². The minimum absolute atomic E-state index is 0.238. The molecule has 0 amide bonds. The number of carbonyl (C=O) groups excluding carboxylic acids is 1. The van der Waals surface area contributed by atoms with Gasteiger partial charge in [-0.15, -0.1) is 11.8 Å². The molecule has 17 heavy (non-hydrogen) atoms. The van der Waals surface area contributed by atoms with E-state index in [0.29, 0.717) is 10.6 Å². The van der Waals surface area contributed by atoms with Gasteiger partial charge in [0.05, 0.1) is 7.11 Å². The first kappa shape index (κ1) is 13.8. The van der Waals surface area contributed by atoms with E-state index in [4.69, 9.17) is 9.47 Å². The van der Waals surface area contributed by atoms with Crippen LogP contribution < -0.4 is 4.74 Å². The Kier molecular flexibility index (Phi) is 4.34. The summed E-state index contributed by atoms with van der Waals surface area (Å²) in [4.78, 5) is 19.9. The lowest BCUT2D eigenvalue weighted by atomic mass is 10.2. The summed E-state index contributed by atoms with van der Waals surface area (Å²) in [5.74, 6) is -0.426. The maximum atomic E-state index is 11.9. The number of rotatable bonds is 3. The second-order valence-electron chi connectivity index (χ2n) is 4.28. The van der Waals surface area contributed by atoms with Crippen LogP contribution in [0.3, 0.4) is 0 Å². The number of methoxy groups -OCH3 is 1. The van der Waals surface area contributed by atoms with Crippen molar-refractivity contribution < 1.29 is 14.3 Å². The Morgan fingerprint density at radius 1 is 1.41 bits per heavy atom. The molecule has 0 unspecified atom stereocenters. The summed E-state index contributed by atoms with van der Waals surface area (Å²) < 4.78 is 10.2. The third-order valence-corrected chi connectivity index (χ3v) is 2.42. The molecular weight excluding hydrogens is 240 g/mol. The molecule has 94 valence electrons. The first-order valence-corrected chi connectivity index (χ1v) is 6.28. The van der Waals surface area contributed by atoms with Crippen molar-refractivity contribution in [2.24, 2.45) is 0 Å². The van der Waals surface area contributed by atoms with Crippen molar-refractivity contribution in [3.63, 3.8) is 0 Å². The van der Waals surface area contributed by atoms with Gasteiger partial charge in [-0.25, -0.2) is 9.78 Å². The lowest BCUT2D eigenvalue weighted by Gasteiger charge is -2.19. The van der Waals surface area contributed by atoms with Crippen molar-refractivity contribution in [3.05, 3.63) is 11.8 Å². The average Bonchev–Trinajstić information content (AvgIpc) is 2.25. The number of aromatic nitrogens is 2. The van der Waals surface area contributed by atoms with Gasteiger partial charge in [0.25, 0.3) is 0 Å². The molecule has 0 fully saturated rings. The molecule has 0 saturated carbocycles. The Labute approximate surface area is 105 Å². The molecule has 5 nitrogen and oxygen atoms in total. The number of ether oxygens (including phenoxy) is 2. The number of esters is 1. The zero-order valence-electron chi connectivity index (χ0n) is 10.6. The van der Waals surface area contributed by atoms with Crippen molar-refractivity contribution in [1.82, 2.24) is 9.97 Å². The zero-order valence-corrected chi connectivity index (χ0v) is 11.4. The van der Waals surface area contributed by atoms with Crippen LogP contribution in [0.15, 0.2) is 11.2 Å². The van der Waals surface area contributed by atoms with Gasteiger partial charge in [0.2, 0.25) is 0 Å². The lowest BCUT2D eigenvalue weighted by Crippen LogP contribution is -2.24. The Morgan fingerprint density at radius 2 is 2.06 bits per heavy atom. The van der Waals surface area contributed by atoms with Gasteiger partial charge in [-0.1, -0.05) is 0 Å². The molecule has 1 aromatic heterocycles. The molecule has 0 aliphatic rings. The number of carbonyl (C=O) groups is 1. The molecule has 0 aliphatic carbocycles. The van der Waals surface area contributed by atoms with E-state index >= 15 is 0 Å². The highest BCUT2D eigenvalue weighted by Crippen LogP contribution is 2.22. The molecule has 0 N–H and O–H groups in total. The van der Waals surface area contributed by atoms with E-state index in [1.54, 1.807) is 0 Å². The van der Waals surface area contributed by atoms with Crippen molar-refractivity contribution in [3.8, 4) is 6.01 Å². The smallest absolute Gasteiger partial charge is 0.343 e. The quantitative estimate of drug-likeness (QED) is 0.469. The molecule has 6 heteroatoms. The lowest BCUT2D eigenvalue weighted by molar-refractivity contribution is 0.00640. The van der Waals surface area contributed by atoms with Crippen LogP contribution in [0.5, 0.6) is 6.01 Å². The van der Waals surface area contributed by atoms with Crippen LogP contribution in [-0.2, 0) is 4.74 Å². The fourth-order valence-electron chi connectivity index (χ4n) is 1.08. The second-order valence-corrected chi connectivity index (χ2v) is 5.08. The van der Waals surface area contributed by atoms with Crippen molar-refractivity contribution in [2.45, 2.75) is 31.4 Å². The summed E-state index contributed by atoms with van der Waals surface area (Å²) in [6.07, 6.45) is 3.25. The van der Waals surface area contributed by atoms with Gasteiger partial charge in [-0.2, -0.15) is 4.98 Å². The minimum atomic E-state index is -0.535. The number of hydrogen-bond acceptors (Lipinski definition) is 6. The second kappa shape index (κ2) is 5.35. The first-order chi connectivity index (χ1) is 7.87. The van der Waals surface area contributed by atoms with E-state index in [2.05, 4.69) is 9.97 Å². The average molecular weight is 256 g/mol. The maximum Gasteiger partial charge on any atom is 0.343 e. The first-order valence-electron chi connectivity index (χ1n) is 5.05. The highest BCUT2D eigenvalue weighted by molar-refractivity contribution is 7.98. The van der Waals surface area contributed by atoms with E-state index in [1.165, 1.54) is 25.1 Å². The molecule has 0 bridgehead atoms. The van der Waals surface area contributed by atoms with E-state index in [9.17, 15) is 4.79 Å². The normalized spacial score (nSPS) is 11.1. The highest BCUT2D eigenvalue weighted by atomic mass is 32.2. The van der Waals surface area contributed by atoms with Crippen LogP contribution in [0.4, 0.5) is 0 Å². The Balaban J connectivity index is 3.01. The molecular formula is C11H16N2O3S. The van der Waals surface area contributed by atoms with Crippen LogP contribution >= 0.6 is 11.8 Å². The molecule has 0 radical (unpaired) electrons. The third kappa shape index (κ3) is 3.89.